The molecule has 2 aromatic rings. The first-order valence-electron chi connectivity index (χ1n) is 11.7. The van der Waals surface area contributed by atoms with Crippen molar-refractivity contribution in [1.29, 1.82) is 0 Å². The Morgan fingerprint density at radius 2 is 1.69 bits per heavy atom. The molecule has 0 bridgehead atoms. The lowest BCUT2D eigenvalue weighted by Gasteiger charge is -2.34. The van der Waals surface area contributed by atoms with E-state index in [1.807, 2.05) is 44.2 Å². The number of nitrogens with one attached hydrogen (secondary N) is 3. The zero-order valence-corrected chi connectivity index (χ0v) is 22.8. The van der Waals surface area contributed by atoms with Gasteiger partial charge in [-0.15, -0.1) is 11.3 Å². The van der Waals surface area contributed by atoms with Crippen molar-refractivity contribution in [2.24, 2.45) is 17.8 Å². The molecule has 0 saturated carbocycles. The fourth-order valence-corrected chi connectivity index (χ4v) is 5.37. The summed E-state index contributed by atoms with van der Waals surface area (Å²) in [6.07, 6.45) is -1.56. The van der Waals surface area contributed by atoms with Crippen molar-refractivity contribution in [1.82, 2.24) is 15.6 Å². The van der Waals surface area contributed by atoms with Gasteiger partial charge in [-0.3, -0.25) is 14.3 Å². The van der Waals surface area contributed by atoms with Crippen LogP contribution in [0.1, 0.15) is 50.2 Å². The molecular formula is C24H36N4O6S2. The third-order valence-corrected chi connectivity index (χ3v) is 6.96. The van der Waals surface area contributed by atoms with Crippen molar-refractivity contribution in [2.45, 2.75) is 58.9 Å². The van der Waals surface area contributed by atoms with Crippen LogP contribution in [0.5, 0.6) is 0 Å². The summed E-state index contributed by atoms with van der Waals surface area (Å²) in [4.78, 5) is 29.8. The van der Waals surface area contributed by atoms with Crippen LogP contribution in [0.2, 0.25) is 0 Å². The fourth-order valence-electron chi connectivity index (χ4n) is 3.82. The highest BCUT2D eigenvalue weighted by Crippen LogP contribution is 2.23. The number of hydrogen-bond acceptors (Lipinski definition) is 8. The predicted octanol–water partition coefficient (Wildman–Crippen LogP) is 1.97. The average molecular weight is 541 g/mol. The Bertz CT molecular complexity index is 1100. The number of aromatic nitrogens is 1. The van der Waals surface area contributed by atoms with Gasteiger partial charge in [-0.1, -0.05) is 58.0 Å². The summed E-state index contributed by atoms with van der Waals surface area (Å²) in [5.41, 5.74) is 0.879. The van der Waals surface area contributed by atoms with Crippen molar-refractivity contribution in [2.75, 3.05) is 11.0 Å². The predicted molar refractivity (Wildman–Crippen MR) is 140 cm³/mol. The second kappa shape index (κ2) is 13.1. The third kappa shape index (κ3) is 9.16. The number of hydrogen-bond donors (Lipinski definition) is 5. The largest absolute Gasteiger partial charge is 0.390 e. The Balaban J connectivity index is 2.14. The Labute approximate surface area is 216 Å². The summed E-state index contributed by atoms with van der Waals surface area (Å²) in [5, 5.41) is 29.1. The van der Waals surface area contributed by atoms with Crippen molar-refractivity contribution in [3.8, 4) is 0 Å². The Morgan fingerprint density at radius 3 is 2.25 bits per heavy atom. The van der Waals surface area contributed by atoms with Crippen LogP contribution in [0.15, 0.2) is 35.7 Å². The number of nitrogens with zero attached hydrogens (tertiary/aromatic N) is 1. The van der Waals surface area contributed by atoms with Crippen molar-refractivity contribution >= 4 is 38.3 Å². The number of rotatable bonds is 13. The van der Waals surface area contributed by atoms with E-state index in [4.69, 9.17) is 0 Å². The highest BCUT2D eigenvalue weighted by molar-refractivity contribution is 7.92. The number of aliphatic hydroxyl groups excluding tert-OH is 2. The molecule has 36 heavy (non-hydrogen) atoms. The van der Waals surface area contributed by atoms with Crippen LogP contribution in [0.25, 0.3) is 0 Å². The SMILES string of the molecule is CC(C)CC(NC(=O)c1csc(NS(C)(=O)=O)n1)C(O)C(O)C(C(=O)NCc1ccccc1)C(C)C. The number of carbonyl (C=O) groups excluding carboxylic acids is 2. The monoisotopic (exact) mass is 540 g/mol. The highest BCUT2D eigenvalue weighted by Gasteiger charge is 2.38. The Morgan fingerprint density at radius 1 is 1.06 bits per heavy atom. The molecule has 1 heterocycles. The van der Waals surface area contributed by atoms with Crippen LogP contribution in [0.3, 0.4) is 0 Å². The molecule has 0 aliphatic carbocycles. The first-order valence-corrected chi connectivity index (χ1v) is 14.5. The molecule has 0 spiro atoms. The Hall–Kier alpha value is -2.54. The molecule has 0 aliphatic rings. The molecule has 0 saturated heterocycles. The molecule has 0 aliphatic heterocycles. The minimum absolute atomic E-state index is 0.0254. The molecule has 2 amide bonds. The molecule has 1 aromatic heterocycles. The second-order valence-electron chi connectivity index (χ2n) is 9.58. The van der Waals surface area contributed by atoms with Crippen LogP contribution in [0, 0.1) is 17.8 Å². The van der Waals surface area contributed by atoms with E-state index >= 15 is 0 Å². The van der Waals surface area contributed by atoms with Gasteiger partial charge < -0.3 is 20.8 Å². The maximum Gasteiger partial charge on any atom is 0.271 e. The maximum atomic E-state index is 13.0. The summed E-state index contributed by atoms with van der Waals surface area (Å²) in [6.45, 7) is 7.66. The summed E-state index contributed by atoms with van der Waals surface area (Å²) >= 11 is 0.950. The highest BCUT2D eigenvalue weighted by atomic mass is 32.2. The normalized spacial score (nSPS) is 15.2. The van der Waals surface area contributed by atoms with E-state index in [2.05, 4.69) is 20.3 Å². The number of thiazole rings is 1. The Kier molecular flexibility index (Phi) is 10.8. The second-order valence-corrected chi connectivity index (χ2v) is 12.2. The smallest absolute Gasteiger partial charge is 0.271 e. The van der Waals surface area contributed by atoms with E-state index < -0.39 is 46.0 Å². The van der Waals surface area contributed by atoms with E-state index in [9.17, 15) is 28.2 Å². The van der Waals surface area contributed by atoms with Crippen LogP contribution in [-0.2, 0) is 21.4 Å². The molecule has 12 heteroatoms. The van der Waals surface area contributed by atoms with Gasteiger partial charge in [-0.05, 0) is 23.8 Å². The number of sulfonamides is 1. The van der Waals surface area contributed by atoms with Crippen LogP contribution < -0.4 is 15.4 Å². The molecule has 4 unspecified atom stereocenters. The number of aliphatic hydroxyl groups is 2. The van der Waals surface area contributed by atoms with Gasteiger partial charge in [-0.2, -0.15) is 0 Å². The van der Waals surface area contributed by atoms with E-state index in [0.717, 1.165) is 23.2 Å². The van der Waals surface area contributed by atoms with Gasteiger partial charge in [0.15, 0.2) is 5.13 Å². The molecule has 10 nitrogen and oxygen atoms in total. The van der Waals surface area contributed by atoms with E-state index in [-0.39, 0.29) is 29.2 Å². The number of benzene rings is 1. The lowest BCUT2D eigenvalue weighted by molar-refractivity contribution is -0.136. The van der Waals surface area contributed by atoms with Crippen molar-refractivity contribution in [3.63, 3.8) is 0 Å². The zero-order chi connectivity index (χ0) is 27.0. The van der Waals surface area contributed by atoms with Crippen LogP contribution in [0.4, 0.5) is 5.13 Å². The lowest BCUT2D eigenvalue weighted by atomic mass is 9.83. The van der Waals surface area contributed by atoms with Crippen LogP contribution >= 0.6 is 11.3 Å². The fraction of sp³-hybridized carbons (Fsp3) is 0.542. The third-order valence-electron chi connectivity index (χ3n) is 5.51. The molecule has 5 N–H and O–H groups in total. The van der Waals surface area contributed by atoms with Gasteiger partial charge in [0.1, 0.15) is 11.8 Å². The van der Waals surface area contributed by atoms with Gasteiger partial charge >= 0.3 is 0 Å². The standard InChI is InChI=1S/C24H36N4O6S2/c1-14(2)11-17(26-22(31)18-13-35-24(27-18)28-36(5,33)34)20(29)21(30)19(15(3)4)23(32)25-12-16-9-7-6-8-10-16/h6-10,13-15,17,19-21,29-30H,11-12H2,1-5H3,(H,25,32)(H,26,31)(H,27,28). The zero-order valence-electron chi connectivity index (χ0n) is 21.1. The van der Waals surface area contributed by atoms with E-state index in [0.29, 0.717) is 6.42 Å². The summed E-state index contributed by atoms with van der Waals surface area (Å²) in [5.74, 6) is -2.17. The van der Waals surface area contributed by atoms with Gasteiger partial charge in [0.25, 0.3) is 5.91 Å². The quantitative estimate of drug-likeness (QED) is 0.260. The summed E-state index contributed by atoms with van der Waals surface area (Å²) in [7, 11) is -3.55. The number of carbonyl (C=O) groups is 2. The molecule has 1 aromatic carbocycles. The number of amides is 2. The van der Waals surface area contributed by atoms with E-state index in [1.165, 1.54) is 5.38 Å². The number of anilines is 1. The van der Waals surface area contributed by atoms with Gasteiger partial charge in [0.05, 0.1) is 24.3 Å². The first kappa shape index (κ1) is 29.7. The molecular weight excluding hydrogens is 504 g/mol. The van der Waals surface area contributed by atoms with Crippen LogP contribution in [-0.4, -0.2) is 59.9 Å². The summed E-state index contributed by atoms with van der Waals surface area (Å²) in [6, 6.07) is 8.48. The summed E-state index contributed by atoms with van der Waals surface area (Å²) < 4.78 is 25.0. The first-order chi connectivity index (χ1) is 16.8. The molecule has 200 valence electrons. The molecule has 4 atom stereocenters. The van der Waals surface area contributed by atoms with Gasteiger partial charge in [-0.25, -0.2) is 13.4 Å². The average Bonchev–Trinajstić information content (AvgIpc) is 3.23. The molecule has 0 fully saturated rings. The van der Waals surface area contributed by atoms with Crippen molar-refractivity contribution < 1.29 is 28.2 Å². The topological polar surface area (TPSA) is 158 Å². The lowest BCUT2D eigenvalue weighted by Crippen LogP contribution is -2.54. The van der Waals surface area contributed by atoms with Gasteiger partial charge in [0, 0.05) is 11.9 Å². The molecule has 2 rings (SSSR count). The maximum absolute atomic E-state index is 13.0. The minimum Gasteiger partial charge on any atom is -0.390 e. The van der Waals surface area contributed by atoms with Crippen molar-refractivity contribution in [3.05, 3.63) is 47.0 Å². The van der Waals surface area contributed by atoms with E-state index in [1.54, 1.807) is 13.8 Å². The molecule has 0 radical (unpaired) electrons. The van der Waals surface area contributed by atoms with Gasteiger partial charge in [0.2, 0.25) is 15.9 Å². The minimum atomic E-state index is -3.55.